The summed E-state index contributed by atoms with van der Waals surface area (Å²) in [6.07, 6.45) is 8.48. The number of nitrogens with one attached hydrogen (secondary N) is 1. The van der Waals surface area contributed by atoms with Crippen LogP contribution in [0.1, 0.15) is 28.8 Å². The minimum absolute atomic E-state index is 0.00734. The van der Waals surface area contributed by atoms with E-state index in [1.165, 1.54) is 10.9 Å². The predicted octanol–water partition coefficient (Wildman–Crippen LogP) is 2.47. The summed E-state index contributed by atoms with van der Waals surface area (Å²) in [4.78, 5) is 31.3. The number of hydrogen-bond donors (Lipinski definition) is 1. The maximum atomic E-state index is 12.8. The quantitative estimate of drug-likeness (QED) is 0.573. The van der Waals surface area contributed by atoms with Crippen LogP contribution in [0.25, 0.3) is 0 Å². The normalized spacial score (nSPS) is 16.9. The Morgan fingerprint density at radius 1 is 1.18 bits per heavy atom. The fourth-order valence-corrected chi connectivity index (χ4v) is 3.99. The lowest BCUT2D eigenvalue weighted by Gasteiger charge is -2.32. The summed E-state index contributed by atoms with van der Waals surface area (Å²) in [6, 6.07) is 8.85. The van der Waals surface area contributed by atoms with Crippen LogP contribution in [0, 0.1) is 0 Å². The SMILES string of the molecule is O=C(Nc1cnn(CC(=O)N2CCC[C@@H](OCc3cccnc3)C2)c1)c1ccc2c(c1)OCO2. The molecule has 0 radical (unpaired) electrons. The molecule has 5 rings (SSSR count). The third-order valence-electron chi connectivity index (χ3n) is 5.76. The summed E-state index contributed by atoms with van der Waals surface area (Å²) in [7, 11) is 0. The van der Waals surface area contributed by atoms with Gasteiger partial charge in [-0.25, -0.2) is 0 Å². The van der Waals surface area contributed by atoms with Gasteiger partial charge in [-0.15, -0.1) is 0 Å². The lowest BCUT2D eigenvalue weighted by atomic mass is 10.1. The Kier molecular flexibility index (Phi) is 6.39. The molecular weight excluding hydrogens is 438 g/mol. The second-order valence-corrected chi connectivity index (χ2v) is 8.23. The monoisotopic (exact) mass is 463 g/mol. The van der Waals surface area contributed by atoms with E-state index in [-0.39, 0.29) is 31.3 Å². The highest BCUT2D eigenvalue weighted by atomic mass is 16.7. The second-order valence-electron chi connectivity index (χ2n) is 8.23. The highest BCUT2D eigenvalue weighted by molar-refractivity contribution is 6.04. The van der Waals surface area contributed by atoms with Crippen LogP contribution >= 0.6 is 0 Å². The van der Waals surface area contributed by atoms with Crippen LogP contribution in [0.15, 0.2) is 55.1 Å². The summed E-state index contributed by atoms with van der Waals surface area (Å²) in [6.45, 7) is 1.96. The molecule has 1 atom stereocenters. The first-order valence-electron chi connectivity index (χ1n) is 11.2. The number of aromatic nitrogens is 3. The van der Waals surface area contributed by atoms with Gasteiger partial charge < -0.3 is 24.4 Å². The summed E-state index contributed by atoms with van der Waals surface area (Å²) in [5.41, 5.74) is 1.96. The molecule has 3 aromatic rings. The molecule has 4 heterocycles. The van der Waals surface area contributed by atoms with Gasteiger partial charge in [-0.3, -0.25) is 19.3 Å². The van der Waals surface area contributed by atoms with Crippen molar-refractivity contribution in [3.63, 3.8) is 0 Å². The Balaban J connectivity index is 1.12. The van der Waals surface area contributed by atoms with Crippen LogP contribution in [-0.2, 0) is 22.7 Å². The van der Waals surface area contributed by atoms with Gasteiger partial charge in [0.05, 0.1) is 24.6 Å². The van der Waals surface area contributed by atoms with Gasteiger partial charge in [-0.05, 0) is 42.7 Å². The van der Waals surface area contributed by atoms with Gasteiger partial charge >= 0.3 is 0 Å². The first-order chi connectivity index (χ1) is 16.6. The molecule has 176 valence electrons. The van der Waals surface area contributed by atoms with Gasteiger partial charge in [0.15, 0.2) is 11.5 Å². The van der Waals surface area contributed by atoms with Gasteiger partial charge in [0, 0.05) is 37.2 Å². The van der Waals surface area contributed by atoms with Crippen molar-refractivity contribution in [2.24, 2.45) is 0 Å². The second kappa shape index (κ2) is 9.92. The first kappa shape index (κ1) is 21.9. The van der Waals surface area contributed by atoms with Crippen LogP contribution in [-0.4, -0.2) is 57.5 Å². The van der Waals surface area contributed by atoms with Crippen LogP contribution in [0.5, 0.6) is 11.5 Å². The van der Waals surface area contributed by atoms with Crippen molar-refractivity contribution in [2.75, 3.05) is 25.2 Å². The Morgan fingerprint density at radius 3 is 2.97 bits per heavy atom. The standard InChI is InChI=1S/C24H25N5O5/c30-23(28-8-2-4-20(13-28)32-15-17-3-1-7-25-10-17)14-29-12-19(11-26-29)27-24(31)18-5-6-21-22(9-18)34-16-33-21/h1,3,5-7,9-12,20H,2,4,8,13-16H2,(H,27,31)/t20-/m1/s1. The molecule has 0 spiro atoms. The molecule has 10 heteroatoms. The fraction of sp³-hybridized carbons (Fsp3) is 0.333. The van der Waals surface area contributed by atoms with E-state index in [1.807, 2.05) is 17.0 Å². The molecule has 1 N–H and O–H groups in total. The number of pyridine rings is 1. The van der Waals surface area contributed by atoms with E-state index in [2.05, 4.69) is 15.4 Å². The molecule has 1 fully saturated rings. The van der Waals surface area contributed by atoms with Crippen LogP contribution in [0.4, 0.5) is 5.69 Å². The molecule has 0 bridgehead atoms. The number of anilines is 1. The Bertz CT molecular complexity index is 1170. The number of piperidine rings is 1. The van der Waals surface area contributed by atoms with E-state index in [4.69, 9.17) is 14.2 Å². The zero-order valence-corrected chi connectivity index (χ0v) is 18.6. The molecule has 0 unspecified atom stereocenters. The molecule has 0 saturated carbocycles. The molecule has 2 aromatic heterocycles. The third-order valence-corrected chi connectivity index (χ3v) is 5.76. The van der Waals surface area contributed by atoms with Gasteiger partial charge in [0.1, 0.15) is 6.54 Å². The summed E-state index contributed by atoms with van der Waals surface area (Å²) in [5.74, 6) is 0.823. The number of carbonyl (C=O) groups excluding carboxylic acids is 2. The Labute approximate surface area is 196 Å². The molecule has 2 aliphatic rings. The van der Waals surface area contributed by atoms with E-state index in [1.54, 1.807) is 36.8 Å². The molecule has 34 heavy (non-hydrogen) atoms. The molecule has 10 nitrogen and oxygen atoms in total. The number of ether oxygens (including phenoxy) is 3. The van der Waals surface area contributed by atoms with Crippen molar-refractivity contribution in [3.05, 3.63) is 66.2 Å². The van der Waals surface area contributed by atoms with Crippen LogP contribution < -0.4 is 14.8 Å². The van der Waals surface area contributed by atoms with Crippen molar-refractivity contribution in [3.8, 4) is 11.5 Å². The van der Waals surface area contributed by atoms with E-state index in [0.717, 1.165) is 18.4 Å². The molecule has 1 aromatic carbocycles. The minimum Gasteiger partial charge on any atom is -0.454 e. The van der Waals surface area contributed by atoms with E-state index in [9.17, 15) is 9.59 Å². The number of likely N-dealkylation sites (tertiary alicyclic amines) is 1. The van der Waals surface area contributed by atoms with E-state index in [0.29, 0.717) is 42.4 Å². The smallest absolute Gasteiger partial charge is 0.255 e. The molecule has 2 amide bonds. The zero-order valence-electron chi connectivity index (χ0n) is 18.6. The van der Waals surface area contributed by atoms with Crippen molar-refractivity contribution in [1.29, 1.82) is 0 Å². The summed E-state index contributed by atoms with van der Waals surface area (Å²) in [5, 5.41) is 7.02. The minimum atomic E-state index is -0.297. The number of hydrogen-bond acceptors (Lipinski definition) is 7. The molecule has 1 saturated heterocycles. The van der Waals surface area contributed by atoms with Crippen molar-refractivity contribution < 1.29 is 23.8 Å². The molecule has 2 aliphatic heterocycles. The van der Waals surface area contributed by atoms with Crippen molar-refractivity contribution >= 4 is 17.5 Å². The van der Waals surface area contributed by atoms with Gasteiger partial charge in [0.2, 0.25) is 12.7 Å². The molecular formula is C24H25N5O5. The number of benzene rings is 1. The predicted molar refractivity (Wildman–Crippen MR) is 121 cm³/mol. The van der Waals surface area contributed by atoms with Gasteiger partial charge in [0.25, 0.3) is 5.91 Å². The fourth-order valence-electron chi connectivity index (χ4n) is 3.99. The van der Waals surface area contributed by atoms with E-state index >= 15 is 0 Å². The maximum Gasteiger partial charge on any atom is 0.255 e. The highest BCUT2D eigenvalue weighted by Crippen LogP contribution is 2.32. The van der Waals surface area contributed by atoms with Crippen molar-refractivity contribution in [1.82, 2.24) is 19.7 Å². The Morgan fingerprint density at radius 2 is 2.09 bits per heavy atom. The topological polar surface area (TPSA) is 108 Å². The highest BCUT2D eigenvalue weighted by Gasteiger charge is 2.24. The van der Waals surface area contributed by atoms with Crippen molar-refractivity contribution in [2.45, 2.75) is 32.1 Å². The van der Waals surface area contributed by atoms with E-state index < -0.39 is 0 Å². The van der Waals surface area contributed by atoms with Gasteiger partial charge in [-0.1, -0.05) is 6.07 Å². The number of carbonyl (C=O) groups is 2. The maximum absolute atomic E-state index is 12.8. The van der Waals surface area contributed by atoms with Crippen LogP contribution in [0.2, 0.25) is 0 Å². The zero-order chi connectivity index (χ0) is 23.3. The number of amides is 2. The summed E-state index contributed by atoms with van der Waals surface area (Å²) >= 11 is 0. The number of nitrogens with zero attached hydrogens (tertiary/aromatic N) is 4. The molecule has 0 aliphatic carbocycles. The lowest BCUT2D eigenvalue weighted by molar-refractivity contribution is -0.136. The first-order valence-corrected chi connectivity index (χ1v) is 11.2. The number of rotatable bonds is 7. The average molecular weight is 463 g/mol. The van der Waals surface area contributed by atoms with Crippen LogP contribution in [0.3, 0.4) is 0 Å². The largest absolute Gasteiger partial charge is 0.454 e. The summed E-state index contributed by atoms with van der Waals surface area (Å²) < 4.78 is 18.1. The Hall–Kier alpha value is -3.92. The third kappa shape index (κ3) is 5.18. The lowest BCUT2D eigenvalue weighted by Crippen LogP contribution is -2.44. The van der Waals surface area contributed by atoms with Gasteiger partial charge in [-0.2, -0.15) is 5.10 Å². The average Bonchev–Trinajstić information content (AvgIpc) is 3.52. The number of fused-ring (bicyclic) bond motifs is 1.